The number of fused-ring (bicyclic) bond motifs is 1. The summed E-state index contributed by atoms with van der Waals surface area (Å²) in [6, 6.07) is 1.10. The van der Waals surface area contributed by atoms with Gasteiger partial charge in [0, 0.05) is 18.5 Å². The number of H-pyrrole nitrogens is 1. The fourth-order valence-electron chi connectivity index (χ4n) is 2.23. The van der Waals surface area contributed by atoms with Crippen LogP contribution in [0.5, 0.6) is 5.75 Å². The monoisotopic (exact) mass is 283 g/mol. The smallest absolute Gasteiger partial charge is 0.267 e. The Labute approximate surface area is 114 Å². The van der Waals surface area contributed by atoms with Crippen molar-refractivity contribution in [3.63, 3.8) is 0 Å². The molecule has 2 aromatic rings. The van der Waals surface area contributed by atoms with E-state index in [0.717, 1.165) is 6.07 Å². The third kappa shape index (κ3) is 2.09. The Bertz CT molecular complexity index is 667. The van der Waals surface area contributed by atoms with Gasteiger partial charge in [-0.2, -0.15) is 0 Å². The zero-order valence-corrected chi connectivity index (χ0v) is 11.1. The highest BCUT2D eigenvalue weighted by Crippen LogP contribution is 2.33. The average molecular weight is 283 g/mol. The van der Waals surface area contributed by atoms with Gasteiger partial charge in [-0.05, 0) is 18.5 Å². The zero-order valence-electron chi connectivity index (χ0n) is 11.1. The normalized spacial score (nSPS) is 10.8. The molecule has 0 aliphatic carbocycles. The molecule has 1 aromatic carbocycles. The van der Waals surface area contributed by atoms with E-state index in [1.807, 2.05) is 0 Å². The van der Waals surface area contributed by atoms with Crippen molar-refractivity contribution < 1.29 is 18.3 Å². The molecule has 5 nitrogen and oxygen atoms in total. The molecule has 4 N–H and O–H groups in total. The lowest BCUT2D eigenvalue weighted by atomic mass is 10.1. The van der Waals surface area contributed by atoms with Crippen LogP contribution in [0, 0.1) is 11.6 Å². The molecule has 0 unspecified atom stereocenters. The minimum Gasteiger partial charge on any atom is -0.491 e. The van der Waals surface area contributed by atoms with E-state index in [0.29, 0.717) is 5.56 Å². The number of halogens is 2. The molecule has 0 atom stereocenters. The van der Waals surface area contributed by atoms with Crippen molar-refractivity contribution in [3.8, 4) is 5.75 Å². The number of rotatable bonds is 4. The highest BCUT2D eigenvalue weighted by atomic mass is 19.1. The van der Waals surface area contributed by atoms with Crippen molar-refractivity contribution in [3.05, 3.63) is 29.0 Å². The minimum absolute atomic E-state index is 0.132. The Morgan fingerprint density at radius 1 is 1.50 bits per heavy atom. The summed E-state index contributed by atoms with van der Waals surface area (Å²) in [4.78, 5) is 14.5. The summed E-state index contributed by atoms with van der Waals surface area (Å²) in [6.45, 7) is 0.232. The number of carbonyl (C=O) groups excluding carboxylic acids is 1. The number of amides is 1. The van der Waals surface area contributed by atoms with Gasteiger partial charge in [0.05, 0.1) is 12.6 Å². The van der Waals surface area contributed by atoms with E-state index in [1.165, 1.54) is 14.2 Å². The Morgan fingerprint density at radius 2 is 2.20 bits per heavy atom. The van der Waals surface area contributed by atoms with E-state index in [-0.39, 0.29) is 29.6 Å². The summed E-state index contributed by atoms with van der Waals surface area (Å²) in [5, 5.41) is 2.58. The van der Waals surface area contributed by atoms with Crippen molar-refractivity contribution in [1.29, 1.82) is 0 Å². The largest absolute Gasteiger partial charge is 0.491 e. The van der Waals surface area contributed by atoms with Gasteiger partial charge in [-0.25, -0.2) is 8.78 Å². The van der Waals surface area contributed by atoms with Crippen molar-refractivity contribution in [2.24, 2.45) is 5.73 Å². The number of carbonyl (C=O) groups is 1. The fraction of sp³-hybridized carbons (Fsp3) is 0.308. The molecule has 1 heterocycles. The zero-order chi connectivity index (χ0) is 14.9. The second-order valence-electron chi connectivity index (χ2n) is 4.22. The first-order chi connectivity index (χ1) is 9.54. The van der Waals surface area contributed by atoms with Crippen LogP contribution in [0.1, 0.15) is 16.1 Å². The lowest BCUT2D eigenvalue weighted by molar-refractivity contribution is 0.0958. The predicted octanol–water partition coefficient (Wildman–Crippen LogP) is 1.32. The maximum Gasteiger partial charge on any atom is 0.267 e. The highest BCUT2D eigenvalue weighted by molar-refractivity contribution is 6.01. The maximum atomic E-state index is 14.3. The third-order valence-electron chi connectivity index (χ3n) is 3.09. The topological polar surface area (TPSA) is 80.1 Å². The Hall–Kier alpha value is -2.15. The molecule has 0 spiro atoms. The van der Waals surface area contributed by atoms with E-state index in [2.05, 4.69) is 10.3 Å². The standard InChI is InChI=1S/C13H15F2N3O2/c1-17-13(19)11-6(3-4-16)9-8(18-11)5-7(14)12(20-2)10(9)15/h5,18H,3-4,16H2,1-2H3,(H,17,19). The van der Waals surface area contributed by atoms with Crippen LogP contribution in [0.25, 0.3) is 10.9 Å². The van der Waals surface area contributed by atoms with Crippen molar-refractivity contribution >= 4 is 16.8 Å². The van der Waals surface area contributed by atoms with E-state index in [1.54, 1.807) is 0 Å². The van der Waals surface area contributed by atoms with Gasteiger partial charge in [0.25, 0.3) is 5.91 Å². The summed E-state index contributed by atoms with van der Waals surface area (Å²) in [7, 11) is 2.64. The molecule has 0 saturated heterocycles. The second-order valence-corrected chi connectivity index (χ2v) is 4.22. The summed E-state index contributed by atoms with van der Waals surface area (Å²) in [6.07, 6.45) is 0.286. The molecule has 0 aliphatic rings. The van der Waals surface area contributed by atoms with Crippen LogP contribution in [0.3, 0.4) is 0 Å². The number of nitrogens with two attached hydrogens (primary N) is 1. The van der Waals surface area contributed by atoms with Crippen molar-refractivity contribution in [1.82, 2.24) is 10.3 Å². The molecule has 0 fully saturated rings. The minimum atomic E-state index is -0.836. The summed E-state index contributed by atoms with van der Waals surface area (Å²) in [5.41, 5.74) is 6.29. The van der Waals surface area contributed by atoms with Gasteiger partial charge in [-0.1, -0.05) is 0 Å². The van der Waals surface area contributed by atoms with E-state index >= 15 is 0 Å². The Balaban J connectivity index is 2.81. The molecular formula is C13H15F2N3O2. The molecular weight excluding hydrogens is 268 g/mol. The molecule has 0 saturated carbocycles. The number of benzene rings is 1. The van der Waals surface area contributed by atoms with Crippen LogP contribution in [0.4, 0.5) is 8.78 Å². The maximum absolute atomic E-state index is 14.3. The molecule has 0 aliphatic heterocycles. The first-order valence-corrected chi connectivity index (χ1v) is 6.03. The number of aromatic nitrogens is 1. The molecule has 7 heteroatoms. The molecule has 0 radical (unpaired) electrons. The molecule has 20 heavy (non-hydrogen) atoms. The average Bonchev–Trinajstić information content (AvgIpc) is 2.77. The molecule has 108 valence electrons. The van der Waals surface area contributed by atoms with E-state index in [4.69, 9.17) is 10.5 Å². The molecule has 0 bridgehead atoms. The SMILES string of the molecule is CNC(=O)c1[nH]c2cc(F)c(OC)c(F)c2c1CCN. The van der Waals surface area contributed by atoms with Crippen molar-refractivity contribution in [2.75, 3.05) is 20.7 Å². The van der Waals surface area contributed by atoms with Crippen LogP contribution in [-0.2, 0) is 6.42 Å². The van der Waals surface area contributed by atoms with Crippen LogP contribution >= 0.6 is 0 Å². The number of ether oxygens (including phenoxy) is 1. The summed E-state index contributed by atoms with van der Waals surface area (Å²) in [5.74, 6) is -2.56. The van der Waals surface area contributed by atoms with Gasteiger partial charge < -0.3 is 20.8 Å². The molecule has 1 aromatic heterocycles. The highest BCUT2D eigenvalue weighted by Gasteiger charge is 2.23. The lowest BCUT2D eigenvalue weighted by Crippen LogP contribution is -2.20. The Morgan fingerprint density at radius 3 is 2.75 bits per heavy atom. The molecule has 2 rings (SSSR count). The van der Waals surface area contributed by atoms with Gasteiger partial charge in [-0.15, -0.1) is 0 Å². The first kappa shape index (κ1) is 14.3. The summed E-state index contributed by atoms with van der Waals surface area (Å²) >= 11 is 0. The Kier molecular flexibility index (Phi) is 3.89. The number of hydrogen-bond donors (Lipinski definition) is 3. The van der Waals surface area contributed by atoms with Gasteiger partial charge in [0.2, 0.25) is 0 Å². The van der Waals surface area contributed by atoms with Crippen molar-refractivity contribution in [2.45, 2.75) is 6.42 Å². The number of aromatic amines is 1. The number of methoxy groups -OCH3 is 1. The fourth-order valence-corrected chi connectivity index (χ4v) is 2.23. The summed E-state index contributed by atoms with van der Waals surface area (Å²) < 4.78 is 32.7. The quantitative estimate of drug-likeness (QED) is 0.791. The van der Waals surface area contributed by atoms with Crippen LogP contribution in [-0.4, -0.2) is 31.6 Å². The predicted molar refractivity (Wildman–Crippen MR) is 70.9 cm³/mol. The van der Waals surface area contributed by atoms with Crippen LogP contribution in [0.2, 0.25) is 0 Å². The van der Waals surface area contributed by atoms with Gasteiger partial charge in [0.1, 0.15) is 5.69 Å². The third-order valence-corrected chi connectivity index (χ3v) is 3.09. The van der Waals surface area contributed by atoms with E-state index < -0.39 is 23.3 Å². The van der Waals surface area contributed by atoms with Gasteiger partial charge >= 0.3 is 0 Å². The number of hydrogen-bond acceptors (Lipinski definition) is 3. The van der Waals surface area contributed by atoms with Crippen LogP contribution < -0.4 is 15.8 Å². The van der Waals surface area contributed by atoms with Crippen LogP contribution in [0.15, 0.2) is 6.07 Å². The lowest BCUT2D eigenvalue weighted by Gasteiger charge is -2.06. The number of nitrogens with one attached hydrogen (secondary N) is 2. The first-order valence-electron chi connectivity index (χ1n) is 6.03. The van der Waals surface area contributed by atoms with Gasteiger partial charge in [0.15, 0.2) is 17.4 Å². The molecule has 1 amide bonds. The van der Waals surface area contributed by atoms with E-state index in [9.17, 15) is 13.6 Å². The van der Waals surface area contributed by atoms with Gasteiger partial charge in [-0.3, -0.25) is 4.79 Å². The second kappa shape index (κ2) is 5.46.